The third-order valence-corrected chi connectivity index (χ3v) is 3.09. The number of aliphatic carboxylic acids is 1. The minimum absolute atomic E-state index is 0.312. The number of carbonyl (C=O) groups excluding carboxylic acids is 1. The molecule has 0 radical (unpaired) electrons. The van der Waals surface area contributed by atoms with Gasteiger partial charge >= 0.3 is 5.97 Å². The number of nitrogens with two attached hydrogens (primary N) is 1. The molecule has 1 aromatic carbocycles. The Kier molecular flexibility index (Phi) is 7.42. The predicted octanol–water partition coefficient (Wildman–Crippen LogP) is 0.552. The Morgan fingerprint density at radius 3 is 2.57 bits per heavy atom. The molecule has 2 atom stereocenters. The summed E-state index contributed by atoms with van der Waals surface area (Å²) in [7, 11) is 1.55. The second kappa shape index (κ2) is 9.10. The number of amides is 1. The molecule has 0 heterocycles. The van der Waals surface area contributed by atoms with E-state index in [4.69, 9.17) is 15.6 Å². The maximum absolute atomic E-state index is 12.0. The predicted molar refractivity (Wildman–Crippen MR) is 78.8 cm³/mol. The van der Waals surface area contributed by atoms with E-state index in [2.05, 4.69) is 5.32 Å². The summed E-state index contributed by atoms with van der Waals surface area (Å²) in [6, 6.07) is 7.66. The number of ether oxygens (including phenoxy) is 1. The maximum Gasteiger partial charge on any atom is 0.326 e. The summed E-state index contributed by atoms with van der Waals surface area (Å²) < 4.78 is 4.87. The van der Waals surface area contributed by atoms with Crippen LogP contribution in [0.15, 0.2) is 30.3 Å². The van der Waals surface area contributed by atoms with Crippen molar-refractivity contribution in [2.24, 2.45) is 5.73 Å². The molecule has 1 aromatic rings. The smallest absolute Gasteiger partial charge is 0.326 e. The summed E-state index contributed by atoms with van der Waals surface area (Å²) in [5.41, 5.74) is 6.76. The zero-order valence-corrected chi connectivity index (χ0v) is 12.1. The van der Waals surface area contributed by atoms with E-state index in [0.717, 1.165) is 5.56 Å². The van der Waals surface area contributed by atoms with Crippen LogP contribution in [0.2, 0.25) is 0 Å². The third kappa shape index (κ3) is 6.37. The molecule has 1 rings (SSSR count). The molecule has 0 aliphatic rings. The molecule has 0 bridgehead atoms. The van der Waals surface area contributed by atoms with Crippen molar-refractivity contribution < 1.29 is 19.4 Å². The Morgan fingerprint density at radius 2 is 2.00 bits per heavy atom. The molecule has 21 heavy (non-hydrogen) atoms. The van der Waals surface area contributed by atoms with Crippen LogP contribution in [-0.2, 0) is 20.7 Å². The molecule has 0 saturated heterocycles. The van der Waals surface area contributed by atoms with Crippen LogP contribution >= 0.6 is 0 Å². The van der Waals surface area contributed by atoms with Gasteiger partial charge in [-0.1, -0.05) is 30.3 Å². The standard InChI is InChI=1S/C15H22N2O4/c1-21-9-5-8-13(15(19)20)17-14(18)12(16)10-11-6-3-2-4-7-11/h2-4,6-7,12-13H,5,8-10,16H2,1H3,(H,17,18)(H,19,20)/t12-,13?/m1/s1. The van der Waals surface area contributed by atoms with Gasteiger partial charge < -0.3 is 20.9 Å². The number of methoxy groups -OCH3 is 1. The van der Waals surface area contributed by atoms with Gasteiger partial charge in [0.25, 0.3) is 0 Å². The highest BCUT2D eigenvalue weighted by Crippen LogP contribution is 2.03. The van der Waals surface area contributed by atoms with Crippen LogP contribution in [-0.4, -0.2) is 42.8 Å². The number of benzene rings is 1. The van der Waals surface area contributed by atoms with Crippen molar-refractivity contribution >= 4 is 11.9 Å². The zero-order chi connectivity index (χ0) is 15.7. The van der Waals surface area contributed by atoms with Crippen molar-refractivity contribution in [1.82, 2.24) is 5.32 Å². The van der Waals surface area contributed by atoms with E-state index >= 15 is 0 Å². The fourth-order valence-corrected chi connectivity index (χ4v) is 1.93. The number of carboxylic acids is 1. The lowest BCUT2D eigenvalue weighted by atomic mass is 10.1. The van der Waals surface area contributed by atoms with Crippen LogP contribution < -0.4 is 11.1 Å². The van der Waals surface area contributed by atoms with Gasteiger partial charge in [0.1, 0.15) is 6.04 Å². The molecule has 1 unspecified atom stereocenters. The highest BCUT2D eigenvalue weighted by Gasteiger charge is 2.22. The number of nitrogens with one attached hydrogen (secondary N) is 1. The Hall–Kier alpha value is -1.92. The van der Waals surface area contributed by atoms with Crippen LogP contribution in [0.4, 0.5) is 0 Å². The molecular formula is C15H22N2O4. The molecule has 6 heteroatoms. The van der Waals surface area contributed by atoms with Crippen LogP contribution in [0, 0.1) is 0 Å². The molecule has 0 saturated carbocycles. The summed E-state index contributed by atoms with van der Waals surface area (Å²) in [5.74, 6) is -1.52. The average Bonchev–Trinajstić information content (AvgIpc) is 2.47. The van der Waals surface area contributed by atoms with Crippen LogP contribution in [0.3, 0.4) is 0 Å². The number of hydrogen-bond acceptors (Lipinski definition) is 4. The van der Waals surface area contributed by atoms with Crippen molar-refractivity contribution in [2.45, 2.75) is 31.3 Å². The summed E-state index contributed by atoms with van der Waals surface area (Å²) in [6.45, 7) is 0.454. The highest BCUT2D eigenvalue weighted by atomic mass is 16.5. The molecule has 116 valence electrons. The first-order chi connectivity index (χ1) is 10.0. The first-order valence-electron chi connectivity index (χ1n) is 6.86. The zero-order valence-electron chi connectivity index (χ0n) is 12.1. The van der Waals surface area contributed by atoms with Gasteiger partial charge in [0.15, 0.2) is 0 Å². The molecular weight excluding hydrogens is 272 g/mol. The van der Waals surface area contributed by atoms with Gasteiger partial charge in [-0.3, -0.25) is 4.79 Å². The maximum atomic E-state index is 12.0. The minimum atomic E-state index is -1.06. The number of hydrogen-bond donors (Lipinski definition) is 3. The Morgan fingerprint density at radius 1 is 1.33 bits per heavy atom. The van der Waals surface area contributed by atoms with E-state index in [-0.39, 0.29) is 0 Å². The molecule has 6 nitrogen and oxygen atoms in total. The van der Waals surface area contributed by atoms with Gasteiger partial charge in [-0.2, -0.15) is 0 Å². The molecule has 0 aliphatic heterocycles. The van der Waals surface area contributed by atoms with Gasteiger partial charge in [-0.15, -0.1) is 0 Å². The topological polar surface area (TPSA) is 102 Å². The van der Waals surface area contributed by atoms with E-state index in [1.54, 1.807) is 7.11 Å². The molecule has 4 N–H and O–H groups in total. The summed E-state index contributed by atoms with van der Waals surface area (Å²) in [5, 5.41) is 11.6. The van der Waals surface area contributed by atoms with Crippen LogP contribution in [0.1, 0.15) is 18.4 Å². The van der Waals surface area contributed by atoms with Crippen molar-refractivity contribution in [1.29, 1.82) is 0 Å². The van der Waals surface area contributed by atoms with Gasteiger partial charge in [0, 0.05) is 13.7 Å². The van der Waals surface area contributed by atoms with E-state index in [9.17, 15) is 9.59 Å². The first kappa shape index (κ1) is 17.1. The lowest BCUT2D eigenvalue weighted by Gasteiger charge is -2.17. The largest absolute Gasteiger partial charge is 0.480 e. The van der Waals surface area contributed by atoms with Gasteiger partial charge in [0.05, 0.1) is 6.04 Å². The fraction of sp³-hybridized carbons (Fsp3) is 0.467. The van der Waals surface area contributed by atoms with Gasteiger partial charge in [-0.05, 0) is 24.8 Å². The lowest BCUT2D eigenvalue weighted by Crippen LogP contribution is -2.49. The number of carboxylic acid groups (broad SMARTS) is 1. The first-order valence-corrected chi connectivity index (χ1v) is 6.86. The second-order valence-electron chi connectivity index (χ2n) is 4.83. The SMILES string of the molecule is COCCCC(NC(=O)[C@H](N)Cc1ccccc1)C(=O)O. The average molecular weight is 294 g/mol. The van der Waals surface area contributed by atoms with Crippen molar-refractivity contribution in [3.63, 3.8) is 0 Å². The molecule has 1 amide bonds. The van der Waals surface area contributed by atoms with Crippen molar-refractivity contribution in [3.8, 4) is 0 Å². The number of rotatable bonds is 9. The van der Waals surface area contributed by atoms with E-state index in [1.807, 2.05) is 30.3 Å². The minimum Gasteiger partial charge on any atom is -0.480 e. The summed E-state index contributed by atoms with van der Waals surface area (Å²) in [6.07, 6.45) is 1.24. The number of carbonyl (C=O) groups is 2. The molecule has 0 fully saturated rings. The molecule has 0 aliphatic carbocycles. The summed E-state index contributed by atoms with van der Waals surface area (Å²) >= 11 is 0. The van der Waals surface area contributed by atoms with Gasteiger partial charge in [-0.25, -0.2) is 4.79 Å². The van der Waals surface area contributed by atoms with Crippen LogP contribution in [0.25, 0.3) is 0 Å². The Bertz CT molecular complexity index is 450. The van der Waals surface area contributed by atoms with Crippen molar-refractivity contribution in [2.75, 3.05) is 13.7 Å². The third-order valence-electron chi connectivity index (χ3n) is 3.09. The van der Waals surface area contributed by atoms with E-state index < -0.39 is 24.0 Å². The molecule has 0 aromatic heterocycles. The molecule has 0 spiro atoms. The monoisotopic (exact) mass is 294 g/mol. The van der Waals surface area contributed by atoms with E-state index in [0.29, 0.717) is 25.9 Å². The second-order valence-corrected chi connectivity index (χ2v) is 4.83. The Labute approximate surface area is 124 Å². The van der Waals surface area contributed by atoms with E-state index in [1.165, 1.54) is 0 Å². The van der Waals surface area contributed by atoms with Crippen molar-refractivity contribution in [3.05, 3.63) is 35.9 Å². The highest BCUT2D eigenvalue weighted by molar-refractivity contribution is 5.86. The lowest BCUT2D eigenvalue weighted by molar-refractivity contribution is -0.142. The van der Waals surface area contributed by atoms with Gasteiger partial charge in [0.2, 0.25) is 5.91 Å². The van der Waals surface area contributed by atoms with Crippen LogP contribution in [0.5, 0.6) is 0 Å². The fourth-order valence-electron chi connectivity index (χ4n) is 1.93. The Balaban J connectivity index is 2.50. The summed E-state index contributed by atoms with van der Waals surface area (Å²) in [4.78, 5) is 23.1. The quantitative estimate of drug-likeness (QED) is 0.577. The normalized spacial score (nSPS) is 13.4.